The summed E-state index contributed by atoms with van der Waals surface area (Å²) in [6.07, 6.45) is 3.80. The van der Waals surface area contributed by atoms with Gasteiger partial charge >= 0.3 is 12.1 Å². The lowest BCUT2D eigenvalue weighted by molar-refractivity contribution is -0.275. The van der Waals surface area contributed by atoms with Crippen LogP contribution in [0.3, 0.4) is 0 Å². The van der Waals surface area contributed by atoms with Crippen molar-refractivity contribution in [1.82, 2.24) is 4.98 Å². The number of hydrogen-bond donors (Lipinski definition) is 4. The quantitative estimate of drug-likeness (QED) is 0.283. The minimum atomic E-state index is -5.63. The molecule has 2 aliphatic rings. The highest BCUT2D eigenvalue weighted by molar-refractivity contribution is 8.02. The van der Waals surface area contributed by atoms with E-state index in [1.165, 1.54) is 6.07 Å². The van der Waals surface area contributed by atoms with Crippen molar-refractivity contribution in [3.63, 3.8) is 0 Å². The monoisotopic (exact) mass is 498 g/mol. The Labute approximate surface area is 197 Å². The van der Waals surface area contributed by atoms with Gasteiger partial charge < -0.3 is 21.9 Å². The second-order valence-corrected chi connectivity index (χ2v) is 8.61. The predicted octanol–water partition coefficient (Wildman–Crippen LogP) is 5.71. The van der Waals surface area contributed by atoms with Crippen LogP contribution < -0.4 is 11.1 Å². The van der Waals surface area contributed by atoms with Gasteiger partial charge in [0.2, 0.25) is 0 Å². The normalized spacial score (nSPS) is 17.9. The number of alkyl halides is 5. The van der Waals surface area contributed by atoms with Crippen molar-refractivity contribution in [3.05, 3.63) is 52.6 Å². The van der Waals surface area contributed by atoms with E-state index in [0.717, 1.165) is 42.2 Å². The first-order chi connectivity index (χ1) is 15.9. The Hall–Kier alpha value is -3.20. The minimum absolute atomic E-state index is 0.0293. The molecule has 1 aromatic rings. The van der Waals surface area contributed by atoms with Crippen molar-refractivity contribution in [2.75, 3.05) is 23.3 Å². The Morgan fingerprint density at radius 1 is 1.29 bits per heavy atom. The van der Waals surface area contributed by atoms with E-state index < -0.39 is 18.6 Å². The number of hydrogen-bond acceptors (Lipinski definition) is 7. The van der Waals surface area contributed by atoms with Crippen LogP contribution in [-0.4, -0.2) is 41.3 Å². The van der Waals surface area contributed by atoms with Crippen molar-refractivity contribution < 1.29 is 22.0 Å². The standard InChI is InChI=1S/C13H14N2S.C9H9F5N4/c1-2-16-8-10-3-4-11(7-12(10)15)13(9-14)5-6-13;10-8(11,9(12,13)14)4-18-6-3-17-7(16)1-5(6)2-15/h3-4,7-8,15H,2,5-6H2,1H3;1-3,15,18H,4H2,(H2,16,17)/b10-8+,15-12?;. The Morgan fingerprint density at radius 2 is 1.97 bits per heavy atom. The molecule has 0 aliphatic heterocycles. The Balaban J connectivity index is 0.000000241. The van der Waals surface area contributed by atoms with Gasteiger partial charge in [-0.15, -0.1) is 11.8 Å². The summed E-state index contributed by atoms with van der Waals surface area (Å²) in [4.78, 5) is 3.54. The first-order valence-electron chi connectivity index (χ1n) is 10.1. The molecule has 1 aromatic heterocycles. The number of nitriles is 1. The maximum Gasteiger partial charge on any atom is 0.455 e. The molecule has 12 heteroatoms. The fraction of sp³-hybridized carbons (Fsp3) is 0.364. The smallest absolute Gasteiger partial charge is 0.384 e. The first kappa shape index (κ1) is 27.0. The third kappa shape index (κ3) is 6.66. The lowest BCUT2D eigenvalue weighted by Gasteiger charge is -2.20. The van der Waals surface area contributed by atoms with Crippen LogP contribution in [-0.2, 0) is 0 Å². The average molecular weight is 499 g/mol. The van der Waals surface area contributed by atoms with E-state index in [4.69, 9.17) is 21.8 Å². The van der Waals surface area contributed by atoms with E-state index in [2.05, 4.69) is 18.0 Å². The van der Waals surface area contributed by atoms with Crippen LogP contribution in [0.25, 0.3) is 0 Å². The summed E-state index contributed by atoms with van der Waals surface area (Å²) in [5.74, 6) is -3.82. The Kier molecular flexibility index (Phi) is 8.61. The van der Waals surface area contributed by atoms with Crippen LogP contribution in [0.2, 0.25) is 0 Å². The highest BCUT2D eigenvalue weighted by atomic mass is 32.2. The number of pyridine rings is 1. The van der Waals surface area contributed by atoms with Gasteiger partial charge in [-0.1, -0.05) is 19.1 Å². The number of halogens is 5. The molecule has 6 nitrogen and oxygen atoms in total. The van der Waals surface area contributed by atoms with Gasteiger partial charge in [-0.3, -0.25) is 0 Å². The van der Waals surface area contributed by atoms with Crippen molar-refractivity contribution >= 4 is 35.2 Å². The zero-order valence-corrected chi connectivity index (χ0v) is 19.0. The van der Waals surface area contributed by atoms with E-state index in [9.17, 15) is 22.0 Å². The SMILES string of the molecule is CCS/C=C1\C=CC(C2(C#N)CC2)=CC1=N.N=Cc1cc(N)ncc1NCC(F)(F)C(F)(F)F. The summed E-state index contributed by atoms with van der Waals surface area (Å²) in [7, 11) is 0. The predicted molar refractivity (Wildman–Crippen MR) is 124 cm³/mol. The summed E-state index contributed by atoms with van der Waals surface area (Å²) in [6, 6.07) is 3.54. The van der Waals surface area contributed by atoms with E-state index in [1.807, 2.05) is 29.0 Å². The van der Waals surface area contributed by atoms with Gasteiger partial charge in [0.15, 0.2) is 0 Å². The van der Waals surface area contributed by atoms with Crippen LogP contribution in [0, 0.1) is 27.6 Å². The number of nitrogens with zero attached hydrogens (tertiary/aromatic N) is 2. The number of allylic oxidation sites excluding steroid dienone is 5. The number of rotatable bonds is 7. The van der Waals surface area contributed by atoms with Crippen LogP contribution in [0.4, 0.5) is 33.5 Å². The minimum Gasteiger partial charge on any atom is -0.384 e. The van der Waals surface area contributed by atoms with E-state index in [-0.39, 0.29) is 22.5 Å². The summed E-state index contributed by atoms with van der Waals surface area (Å²) in [5.41, 5.74) is 7.45. The molecular formula is C22H23F5N6S. The maximum absolute atomic E-state index is 12.6. The molecule has 0 saturated heterocycles. The summed E-state index contributed by atoms with van der Waals surface area (Å²) in [5, 5.41) is 27.9. The average Bonchev–Trinajstić information content (AvgIpc) is 3.58. The molecule has 0 aromatic carbocycles. The number of nitrogen functional groups attached to an aromatic ring is 1. The molecule has 0 spiro atoms. The Bertz CT molecular complexity index is 1060. The van der Waals surface area contributed by atoms with Gasteiger partial charge in [0.1, 0.15) is 5.82 Å². The van der Waals surface area contributed by atoms with E-state index in [0.29, 0.717) is 5.71 Å². The van der Waals surface area contributed by atoms with Gasteiger partial charge in [-0.05, 0) is 41.7 Å². The third-order valence-electron chi connectivity index (χ3n) is 4.98. The van der Waals surface area contributed by atoms with Gasteiger partial charge in [0, 0.05) is 17.4 Å². The topological polar surface area (TPSA) is 122 Å². The van der Waals surface area contributed by atoms with Gasteiger partial charge in [0.25, 0.3) is 0 Å². The van der Waals surface area contributed by atoms with Crippen LogP contribution in [0.5, 0.6) is 0 Å². The molecule has 0 radical (unpaired) electrons. The number of thioether (sulfide) groups is 1. The van der Waals surface area contributed by atoms with Crippen LogP contribution in [0.15, 0.2) is 47.0 Å². The Morgan fingerprint density at radius 3 is 2.47 bits per heavy atom. The zero-order valence-electron chi connectivity index (χ0n) is 18.1. The molecule has 0 unspecified atom stereocenters. The van der Waals surface area contributed by atoms with Crippen molar-refractivity contribution in [2.24, 2.45) is 5.41 Å². The molecule has 1 fully saturated rings. The second kappa shape index (κ2) is 10.8. The summed E-state index contributed by atoms with van der Waals surface area (Å²) < 4.78 is 61.0. The maximum atomic E-state index is 12.6. The highest BCUT2D eigenvalue weighted by Crippen LogP contribution is 2.52. The van der Waals surface area contributed by atoms with Crippen LogP contribution >= 0.6 is 11.8 Å². The fourth-order valence-corrected chi connectivity index (χ4v) is 3.33. The molecule has 0 atom stereocenters. The molecule has 5 N–H and O–H groups in total. The third-order valence-corrected chi connectivity index (χ3v) is 5.73. The first-order valence-corrected chi connectivity index (χ1v) is 11.1. The van der Waals surface area contributed by atoms with Crippen LogP contribution in [0.1, 0.15) is 25.3 Å². The van der Waals surface area contributed by atoms with Gasteiger partial charge in [-0.25, -0.2) is 4.98 Å². The number of aromatic nitrogens is 1. The van der Waals surface area contributed by atoms with Gasteiger partial charge in [-0.2, -0.15) is 27.2 Å². The fourth-order valence-electron chi connectivity index (χ4n) is 2.78. The molecular weight excluding hydrogens is 475 g/mol. The second-order valence-electron chi connectivity index (χ2n) is 7.47. The zero-order chi connectivity index (χ0) is 25.6. The largest absolute Gasteiger partial charge is 0.455 e. The molecule has 182 valence electrons. The number of nitrogens with two attached hydrogens (primary N) is 1. The molecule has 3 rings (SSSR count). The summed E-state index contributed by atoms with van der Waals surface area (Å²) in [6.45, 7) is 0.455. The lowest BCUT2D eigenvalue weighted by Crippen LogP contribution is -2.42. The number of nitrogens with one attached hydrogen (secondary N) is 3. The number of anilines is 2. The summed E-state index contributed by atoms with van der Waals surface area (Å²) >= 11 is 1.70. The molecule has 0 amide bonds. The molecule has 2 aliphatic carbocycles. The van der Waals surface area contributed by atoms with Crippen molar-refractivity contribution in [3.8, 4) is 6.07 Å². The highest BCUT2D eigenvalue weighted by Gasteiger charge is 2.57. The molecule has 34 heavy (non-hydrogen) atoms. The van der Waals surface area contributed by atoms with E-state index in [1.54, 1.807) is 11.8 Å². The van der Waals surface area contributed by atoms with Crippen molar-refractivity contribution in [2.45, 2.75) is 31.9 Å². The van der Waals surface area contributed by atoms with E-state index >= 15 is 0 Å². The lowest BCUT2D eigenvalue weighted by atomic mass is 9.90. The molecule has 1 saturated carbocycles. The molecule has 1 heterocycles. The van der Waals surface area contributed by atoms with Gasteiger partial charge in [0.05, 0.1) is 35.6 Å². The molecule has 0 bridgehead atoms. The van der Waals surface area contributed by atoms with Crippen molar-refractivity contribution in [1.29, 1.82) is 16.1 Å².